The summed E-state index contributed by atoms with van der Waals surface area (Å²) in [7, 11) is 0. The fraction of sp³-hybridized carbons (Fsp3) is 0. The molecule has 0 aliphatic rings. The van der Waals surface area contributed by atoms with Crippen LogP contribution in [0.1, 0.15) is 0 Å². The summed E-state index contributed by atoms with van der Waals surface area (Å²) in [6.45, 7) is 0. The molecule has 0 saturated carbocycles. The Labute approximate surface area is 510 Å². The maximum Gasteiger partial charge on any atom is 3.00 e. The van der Waals surface area contributed by atoms with E-state index in [1.807, 2.05) is 0 Å². The van der Waals surface area contributed by atoms with Crippen molar-refractivity contribution in [3.8, 4) is 0 Å². The second kappa shape index (κ2) is 419. The van der Waals surface area contributed by atoms with Gasteiger partial charge in [-0.05, 0) is 0 Å². The van der Waals surface area contributed by atoms with Crippen LogP contribution in [0.5, 0.6) is 0 Å². The van der Waals surface area contributed by atoms with E-state index in [9.17, 15) is 0 Å². The Morgan fingerprint density at radius 1 is 0.0667 bits per heavy atom. The van der Waals surface area contributed by atoms with Crippen LogP contribution >= 0.6 is 0 Å². The van der Waals surface area contributed by atoms with Crippen molar-refractivity contribution in [3.05, 3.63) is 0 Å². The van der Waals surface area contributed by atoms with Gasteiger partial charge in [-0.1, -0.05) is 0 Å². The summed E-state index contributed by atoms with van der Waals surface area (Å²) in [6, 6.07) is 0. The van der Waals surface area contributed by atoms with Crippen molar-refractivity contribution in [2.24, 2.45) is 0 Å². The van der Waals surface area contributed by atoms with Crippen molar-refractivity contribution in [2.75, 3.05) is 0 Å². The van der Waals surface area contributed by atoms with Gasteiger partial charge in [-0.2, -0.15) is 0 Å². The molecule has 0 spiro atoms. The quantitative estimate of drug-likeness (QED) is 0.246. The van der Waals surface area contributed by atoms with Crippen LogP contribution in [-0.2, 0) is 110 Å². The Balaban J connectivity index is 0. The third kappa shape index (κ3) is 389. The molecule has 0 aromatic heterocycles. The summed E-state index contributed by atoms with van der Waals surface area (Å²) in [5.74, 6) is 0. The maximum absolute atomic E-state index is 0. The minimum absolute atomic E-state index is 0. The van der Waals surface area contributed by atoms with E-state index in [-0.39, 0.29) is 527 Å². The zero-order chi connectivity index (χ0) is 0. The van der Waals surface area contributed by atoms with Gasteiger partial charge in [0.05, 0.1) is 0 Å². The molecule has 0 atom stereocenters. The van der Waals surface area contributed by atoms with E-state index in [0.29, 0.717) is 0 Å². The van der Waals surface area contributed by atoms with E-state index in [0.717, 1.165) is 0 Å². The molecular formula is Ce10O20-10. The number of rotatable bonds is 0. The molecule has 10 radical (unpaired) electrons. The van der Waals surface area contributed by atoms with E-state index < -0.39 is 0 Å². The van der Waals surface area contributed by atoms with Gasteiger partial charge in [0.2, 0.25) is 0 Å². The van der Waals surface area contributed by atoms with E-state index in [4.69, 9.17) is 0 Å². The predicted octanol–water partition coefficient (Wildman–Crippen LogP) is -2.38. The molecule has 30 heavy (non-hydrogen) atoms. The second-order valence-corrected chi connectivity index (χ2v) is 0. The minimum Gasteiger partial charge on any atom is -2.00 e. The van der Waals surface area contributed by atoms with Crippen LogP contribution in [-0.4, -0.2) is 0 Å². The molecule has 0 bridgehead atoms. The topological polar surface area (TPSA) is 570 Å². The average molecular weight is 1720 g/mol. The zero-order valence-corrected chi connectivity index (χ0v) is 44.6. The third-order valence-corrected chi connectivity index (χ3v) is 0. The van der Waals surface area contributed by atoms with Crippen LogP contribution < -0.4 is 0 Å². The Kier molecular flexibility index (Phi) is 6280. The van der Waals surface area contributed by atoms with Crippen molar-refractivity contribution in [1.29, 1.82) is 0 Å². The molecule has 0 N–H and O–H groups in total. The van der Waals surface area contributed by atoms with Gasteiger partial charge in [0.25, 0.3) is 0 Å². The van der Waals surface area contributed by atoms with E-state index in [2.05, 4.69) is 0 Å². The van der Waals surface area contributed by atoms with Crippen molar-refractivity contribution in [2.45, 2.75) is 0 Å². The van der Waals surface area contributed by atoms with Crippen LogP contribution in [0.3, 0.4) is 0 Å². The normalized spacial score (nSPS) is 0. The first kappa shape index (κ1) is 450. The second-order valence-electron chi connectivity index (χ2n) is 0. The van der Waals surface area contributed by atoms with Crippen LogP contribution in [0.25, 0.3) is 0 Å². The van der Waals surface area contributed by atoms with Crippen molar-refractivity contribution in [3.63, 3.8) is 0 Å². The van der Waals surface area contributed by atoms with Crippen LogP contribution in [0.4, 0.5) is 0 Å². The molecule has 170 valence electrons. The molecular weight excluding hydrogens is 1720 g/mol. The van der Waals surface area contributed by atoms with Gasteiger partial charge >= 0.3 is 417 Å². The van der Waals surface area contributed by atoms with Gasteiger partial charge in [0.15, 0.2) is 0 Å². The summed E-state index contributed by atoms with van der Waals surface area (Å²) >= 11 is 0. The summed E-state index contributed by atoms with van der Waals surface area (Å²) in [6.07, 6.45) is 0. The van der Waals surface area contributed by atoms with Gasteiger partial charge in [-0.25, -0.2) is 0 Å². The van der Waals surface area contributed by atoms with Crippen molar-refractivity contribution < 1.29 is 527 Å². The first-order valence-corrected chi connectivity index (χ1v) is 0. The fourth-order valence-corrected chi connectivity index (χ4v) is 0. The molecule has 0 heterocycles. The van der Waals surface area contributed by atoms with Gasteiger partial charge in [-0.15, -0.1) is 0 Å². The van der Waals surface area contributed by atoms with Crippen LogP contribution in [0.2, 0.25) is 0 Å². The summed E-state index contributed by atoms with van der Waals surface area (Å²) in [4.78, 5) is 0. The van der Waals surface area contributed by atoms with Gasteiger partial charge in [0, 0.05) is 0 Å². The first-order valence-electron chi connectivity index (χ1n) is 0. The molecule has 0 aliphatic carbocycles. The Bertz CT molecular complexity index is 27.5. The fourth-order valence-electron chi connectivity index (χ4n) is 0. The molecule has 0 rings (SSSR count). The molecule has 0 fully saturated rings. The van der Waals surface area contributed by atoms with Gasteiger partial charge in [-0.3, -0.25) is 0 Å². The SMILES string of the molecule is [Ce+3].[Ce+3].[Ce+3].[Ce+3].[Ce+3].[Ce+3].[Ce+3].[Ce+3].[Ce+3].[Ce+3].[O-2].[O-2].[O-2].[O-2].[O-2].[O-2].[O-2].[O-2].[O-2].[O-2].[O-2].[O-2].[O-2].[O-2].[O-2].[O-2].[O-2].[O-2].[O-2].[O-2]. The molecule has 0 aromatic rings. The first-order chi connectivity index (χ1) is 0. The summed E-state index contributed by atoms with van der Waals surface area (Å²) < 4.78 is 0. The molecule has 0 aliphatic heterocycles. The third-order valence-electron chi connectivity index (χ3n) is 0. The predicted molar refractivity (Wildman–Crippen MR) is 13.7 cm³/mol. The zero-order valence-electron chi connectivity index (χ0n) is 13.2. The molecule has 0 saturated heterocycles. The van der Waals surface area contributed by atoms with Crippen molar-refractivity contribution >= 4 is 0 Å². The number of hydrogen-bond donors (Lipinski definition) is 0. The van der Waals surface area contributed by atoms with Crippen molar-refractivity contribution in [1.82, 2.24) is 0 Å². The molecule has 0 amide bonds. The van der Waals surface area contributed by atoms with Crippen LogP contribution in [0, 0.1) is 417 Å². The smallest absolute Gasteiger partial charge is 2.00 e. The molecule has 20 nitrogen and oxygen atoms in total. The van der Waals surface area contributed by atoms with Crippen LogP contribution in [0.15, 0.2) is 0 Å². The molecule has 30 heteroatoms. The molecule has 0 unspecified atom stereocenters. The standard InChI is InChI=1S/10Ce.20O/q10*+3;20*-2. The Hall–Kier alpha value is 13.0. The van der Waals surface area contributed by atoms with E-state index in [1.165, 1.54) is 0 Å². The van der Waals surface area contributed by atoms with Gasteiger partial charge < -0.3 is 110 Å². The summed E-state index contributed by atoms with van der Waals surface area (Å²) in [5, 5.41) is 0. The van der Waals surface area contributed by atoms with Gasteiger partial charge in [0.1, 0.15) is 0 Å². The van der Waals surface area contributed by atoms with E-state index in [1.54, 1.807) is 0 Å². The molecule has 0 aromatic carbocycles. The Morgan fingerprint density at radius 2 is 0.0667 bits per heavy atom. The number of hydrogen-bond acceptors (Lipinski definition) is 0. The minimum atomic E-state index is 0. The Morgan fingerprint density at radius 3 is 0.0667 bits per heavy atom. The average Bonchev–Trinajstić information content (AvgIpc) is 0. The monoisotopic (exact) mass is 1720 g/mol. The summed E-state index contributed by atoms with van der Waals surface area (Å²) in [5.41, 5.74) is 0. The largest absolute Gasteiger partial charge is 3.00 e. The maximum atomic E-state index is 0. The van der Waals surface area contributed by atoms with E-state index >= 15 is 0 Å².